The van der Waals surface area contributed by atoms with Crippen molar-refractivity contribution < 1.29 is 9.13 Å². The first-order valence-electron chi connectivity index (χ1n) is 6.62. The SMILES string of the molecule is COCCN(c1ccc(F)cc1C#N)C(C)C1CC1. The van der Waals surface area contributed by atoms with Gasteiger partial charge in [-0.2, -0.15) is 5.26 Å². The molecular weight excluding hydrogens is 243 g/mol. The molecule has 1 aliphatic carbocycles. The maximum Gasteiger partial charge on any atom is 0.124 e. The summed E-state index contributed by atoms with van der Waals surface area (Å²) in [4.78, 5) is 2.17. The van der Waals surface area contributed by atoms with Gasteiger partial charge in [-0.1, -0.05) is 0 Å². The smallest absolute Gasteiger partial charge is 0.124 e. The molecule has 1 fully saturated rings. The van der Waals surface area contributed by atoms with E-state index in [1.165, 1.54) is 25.0 Å². The molecule has 19 heavy (non-hydrogen) atoms. The molecule has 0 radical (unpaired) electrons. The molecule has 1 unspecified atom stereocenters. The number of methoxy groups -OCH3 is 1. The third-order valence-electron chi connectivity index (χ3n) is 3.72. The highest BCUT2D eigenvalue weighted by Gasteiger charge is 2.32. The van der Waals surface area contributed by atoms with E-state index in [-0.39, 0.29) is 5.82 Å². The number of halogens is 1. The van der Waals surface area contributed by atoms with E-state index in [1.54, 1.807) is 13.2 Å². The lowest BCUT2D eigenvalue weighted by Crippen LogP contribution is -2.37. The van der Waals surface area contributed by atoms with Crippen LogP contribution in [0.5, 0.6) is 0 Å². The first-order chi connectivity index (χ1) is 9.17. The highest BCUT2D eigenvalue weighted by atomic mass is 19.1. The second kappa shape index (κ2) is 6.03. The maximum atomic E-state index is 13.2. The molecule has 0 N–H and O–H groups in total. The summed E-state index contributed by atoms with van der Waals surface area (Å²) in [6.45, 7) is 3.48. The largest absolute Gasteiger partial charge is 0.383 e. The predicted octanol–water partition coefficient (Wildman–Crippen LogP) is 2.95. The number of nitriles is 1. The summed E-state index contributed by atoms with van der Waals surface area (Å²) in [5.74, 6) is 0.305. The van der Waals surface area contributed by atoms with Crippen molar-refractivity contribution in [3.8, 4) is 6.07 Å². The molecule has 0 saturated heterocycles. The number of nitrogens with zero attached hydrogens (tertiary/aromatic N) is 2. The molecule has 0 amide bonds. The highest BCUT2D eigenvalue weighted by molar-refractivity contribution is 5.60. The Balaban J connectivity index is 2.28. The first kappa shape index (κ1) is 13.8. The van der Waals surface area contributed by atoms with Gasteiger partial charge in [-0.3, -0.25) is 0 Å². The van der Waals surface area contributed by atoms with Gasteiger partial charge in [0.05, 0.1) is 17.9 Å². The first-order valence-corrected chi connectivity index (χ1v) is 6.62. The lowest BCUT2D eigenvalue weighted by molar-refractivity contribution is 0.202. The summed E-state index contributed by atoms with van der Waals surface area (Å²) in [6.07, 6.45) is 2.46. The zero-order chi connectivity index (χ0) is 13.8. The molecule has 1 saturated carbocycles. The summed E-state index contributed by atoms with van der Waals surface area (Å²) in [6, 6.07) is 6.85. The van der Waals surface area contributed by atoms with Gasteiger partial charge in [-0.25, -0.2) is 4.39 Å². The van der Waals surface area contributed by atoms with Crippen molar-refractivity contribution in [2.45, 2.75) is 25.8 Å². The fourth-order valence-electron chi connectivity index (χ4n) is 2.41. The number of hydrogen-bond donors (Lipinski definition) is 0. The predicted molar refractivity (Wildman–Crippen MR) is 72.5 cm³/mol. The minimum Gasteiger partial charge on any atom is -0.383 e. The second-order valence-corrected chi connectivity index (χ2v) is 5.04. The van der Waals surface area contributed by atoms with Gasteiger partial charge in [0.1, 0.15) is 11.9 Å². The second-order valence-electron chi connectivity index (χ2n) is 5.04. The average molecular weight is 262 g/mol. The monoisotopic (exact) mass is 262 g/mol. The van der Waals surface area contributed by atoms with E-state index in [9.17, 15) is 9.65 Å². The van der Waals surface area contributed by atoms with Gasteiger partial charge in [0.2, 0.25) is 0 Å². The van der Waals surface area contributed by atoms with Crippen LogP contribution in [0.4, 0.5) is 10.1 Å². The van der Waals surface area contributed by atoms with Gasteiger partial charge >= 0.3 is 0 Å². The van der Waals surface area contributed by atoms with E-state index >= 15 is 0 Å². The standard InChI is InChI=1S/C15H19FN2O/c1-11(12-3-4-12)18(7-8-19-2)15-6-5-14(16)9-13(15)10-17/h5-6,9,11-12H,3-4,7-8H2,1-2H3. The van der Waals surface area contributed by atoms with Gasteiger partial charge in [-0.15, -0.1) is 0 Å². The fourth-order valence-corrected chi connectivity index (χ4v) is 2.41. The molecule has 0 aliphatic heterocycles. The van der Waals surface area contributed by atoms with Gasteiger partial charge in [-0.05, 0) is 43.9 Å². The molecule has 2 rings (SSSR count). The summed E-state index contributed by atoms with van der Waals surface area (Å²) in [5, 5.41) is 9.18. The number of ether oxygens (including phenoxy) is 1. The number of benzene rings is 1. The molecule has 4 heteroatoms. The van der Waals surface area contributed by atoms with Crippen molar-refractivity contribution in [3.05, 3.63) is 29.6 Å². The van der Waals surface area contributed by atoms with E-state index in [2.05, 4.69) is 17.9 Å². The van der Waals surface area contributed by atoms with Gasteiger partial charge < -0.3 is 9.64 Å². The molecule has 102 valence electrons. The molecular formula is C15H19FN2O. The molecule has 0 aromatic heterocycles. The van der Waals surface area contributed by atoms with Gasteiger partial charge in [0.25, 0.3) is 0 Å². The average Bonchev–Trinajstić information content (AvgIpc) is 3.24. The molecule has 0 bridgehead atoms. The van der Waals surface area contributed by atoms with Crippen molar-refractivity contribution in [1.82, 2.24) is 0 Å². The van der Waals surface area contributed by atoms with Gasteiger partial charge in [0.15, 0.2) is 0 Å². The number of anilines is 1. The third-order valence-corrected chi connectivity index (χ3v) is 3.72. The lowest BCUT2D eigenvalue weighted by atomic mass is 10.1. The van der Waals surface area contributed by atoms with Crippen molar-refractivity contribution in [2.24, 2.45) is 5.92 Å². The Bertz CT molecular complexity index is 480. The van der Waals surface area contributed by atoms with Crippen LogP contribution < -0.4 is 4.90 Å². The van der Waals surface area contributed by atoms with E-state index in [0.717, 1.165) is 5.69 Å². The van der Waals surface area contributed by atoms with E-state index in [0.29, 0.717) is 30.7 Å². The van der Waals surface area contributed by atoms with Gasteiger partial charge in [0, 0.05) is 19.7 Å². The third kappa shape index (κ3) is 3.24. The van der Waals surface area contributed by atoms with Crippen LogP contribution in [-0.4, -0.2) is 26.3 Å². The van der Waals surface area contributed by atoms with Crippen molar-refractivity contribution >= 4 is 5.69 Å². The lowest BCUT2D eigenvalue weighted by Gasteiger charge is -2.32. The molecule has 1 atom stereocenters. The highest BCUT2D eigenvalue weighted by Crippen LogP contribution is 2.37. The summed E-state index contributed by atoms with van der Waals surface area (Å²) < 4.78 is 18.4. The van der Waals surface area contributed by atoms with E-state index < -0.39 is 0 Å². The minimum absolute atomic E-state index is 0.354. The van der Waals surface area contributed by atoms with Crippen LogP contribution in [0.1, 0.15) is 25.3 Å². The van der Waals surface area contributed by atoms with Crippen LogP contribution in [-0.2, 0) is 4.74 Å². The minimum atomic E-state index is -0.369. The Hall–Kier alpha value is -1.60. The Morgan fingerprint density at radius 1 is 1.53 bits per heavy atom. The molecule has 0 spiro atoms. The summed E-state index contributed by atoms with van der Waals surface area (Å²) >= 11 is 0. The zero-order valence-electron chi connectivity index (χ0n) is 11.4. The van der Waals surface area contributed by atoms with Crippen LogP contribution in [0.25, 0.3) is 0 Å². The Labute approximate surface area is 113 Å². The Morgan fingerprint density at radius 3 is 2.84 bits per heavy atom. The van der Waals surface area contributed by atoms with Crippen molar-refractivity contribution in [1.29, 1.82) is 5.26 Å². The summed E-state index contributed by atoms with van der Waals surface area (Å²) in [5.41, 5.74) is 1.20. The number of hydrogen-bond acceptors (Lipinski definition) is 3. The van der Waals surface area contributed by atoms with Crippen LogP contribution >= 0.6 is 0 Å². The molecule has 0 heterocycles. The molecule has 1 aliphatic rings. The Morgan fingerprint density at radius 2 is 2.26 bits per heavy atom. The van der Waals surface area contributed by atoms with Crippen LogP contribution in [0.15, 0.2) is 18.2 Å². The fraction of sp³-hybridized carbons (Fsp3) is 0.533. The molecule has 1 aromatic carbocycles. The normalized spacial score (nSPS) is 15.9. The number of rotatable bonds is 6. The van der Waals surface area contributed by atoms with Crippen molar-refractivity contribution in [3.63, 3.8) is 0 Å². The van der Waals surface area contributed by atoms with E-state index in [1.807, 2.05) is 0 Å². The molecule has 3 nitrogen and oxygen atoms in total. The topological polar surface area (TPSA) is 36.3 Å². The van der Waals surface area contributed by atoms with Crippen LogP contribution in [0, 0.1) is 23.1 Å². The summed E-state index contributed by atoms with van der Waals surface area (Å²) in [7, 11) is 1.66. The Kier molecular flexibility index (Phi) is 4.39. The van der Waals surface area contributed by atoms with Crippen LogP contribution in [0.3, 0.4) is 0 Å². The maximum absolute atomic E-state index is 13.2. The van der Waals surface area contributed by atoms with Crippen LogP contribution in [0.2, 0.25) is 0 Å². The van der Waals surface area contributed by atoms with Crippen molar-refractivity contribution in [2.75, 3.05) is 25.2 Å². The molecule has 1 aromatic rings. The quantitative estimate of drug-likeness (QED) is 0.790. The zero-order valence-corrected chi connectivity index (χ0v) is 11.4. The van der Waals surface area contributed by atoms with E-state index in [4.69, 9.17) is 4.74 Å².